The van der Waals surface area contributed by atoms with Gasteiger partial charge in [0.2, 0.25) is 0 Å². The quantitative estimate of drug-likeness (QED) is 0.769. The fraction of sp³-hybridized carbons (Fsp3) is 0.400. The minimum Gasteiger partial charge on any atom is -0.376 e. The van der Waals surface area contributed by atoms with E-state index in [-0.39, 0.29) is 12.0 Å². The van der Waals surface area contributed by atoms with Crippen LogP contribution in [0.1, 0.15) is 15.9 Å². The molecule has 1 aliphatic heterocycles. The molecule has 20 heavy (non-hydrogen) atoms. The lowest BCUT2D eigenvalue weighted by Gasteiger charge is -2.23. The van der Waals surface area contributed by atoms with Crippen LogP contribution < -0.4 is 11.1 Å². The maximum Gasteiger partial charge on any atom is 0.251 e. The number of benzene rings is 1. The van der Waals surface area contributed by atoms with E-state index < -0.39 is 0 Å². The smallest absolute Gasteiger partial charge is 0.251 e. The van der Waals surface area contributed by atoms with Gasteiger partial charge in [-0.05, 0) is 18.2 Å². The van der Waals surface area contributed by atoms with Gasteiger partial charge >= 0.3 is 0 Å². The monoisotopic (exact) mass is 274 g/mol. The zero-order valence-corrected chi connectivity index (χ0v) is 11.2. The van der Waals surface area contributed by atoms with Crippen LogP contribution in [0.15, 0.2) is 24.3 Å². The number of carbonyl (C=O) groups excluding carboxylic acids is 1. The molecule has 0 saturated carbocycles. The zero-order valence-electron chi connectivity index (χ0n) is 11.2. The highest BCUT2D eigenvalue weighted by molar-refractivity contribution is 5.94. The molecule has 1 saturated heterocycles. The first-order chi connectivity index (χ1) is 9.79. The summed E-state index contributed by atoms with van der Waals surface area (Å²) in [5, 5.41) is 2.84. The van der Waals surface area contributed by atoms with Gasteiger partial charge in [-0.25, -0.2) is 0 Å². The summed E-state index contributed by atoms with van der Waals surface area (Å²) in [5.41, 5.74) is 6.68. The van der Waals surface area contributed by atoms with E-state index in [2.05, 4.69) is 17.2 Å². The maximum absolute atomic E-state index is 12.0. The average molecular weight is 274 g/mol. The Morgan fingerprint density at radius 1 is 1.45 bits per heavy atom. The van der Waals surface area contributed by atoms with Crippen molar-refractivity contribution in [3.63, 3.8) is 0 Å². The van der Waals surface area contributed by atoms with Gasteiger partial charge in [-0.3, -0.25) is 4.79 Å². The summed E-state index contributed by atoms with van der Waals surface area (Å²) in [6, 6.07) is 7.14. The van der Waals surface area contributed by atoms with Crippen molar-refractivity contribution in [1.29, 1.82) is 0 Å². The highest BCUT2D eigenvalue weighted by Crippen LogP contribution is 2.05. The second-order valence-corrected chi connectivity index (χ2v) is 4.36. The summed E-state index contributed by atoms with van der Waals surface area (Å²) in [6.45, 7) is 2.45. The van der Waals surface area contributed by atoms with Gasteiger partial charge in [0.15, 0.2) is 0 Å². The topological polar surface area (TPSA) is 73.6 Å². The molecule has 0 radical (unpaired) electrons. The molecule has 0 spiro atoms. The Balaban J connectivity index is 1.91. The number of amides is 1. The molecule has 1 atom stereocenters. The molecule has 5 heteroatoms. The number of hydrogen-bond acceptors (Lipinski definition) is 4. The van der Waals surface area contributed by atoms with Crippen molar-refractivity contribution in [3.05, 3.63) is 35.4 Å². The van der Waals surface area contributed by atoms with E-state index in [0.29, 0.717) is 38.5 Å². The molecule has 0 bridgehead atoms. The molecule has 2 rings (SSSR count). The van der Waals surface area contributed by atoms with Crippen LogP contribution in [0.5, 0.6) is 0 Å². The van der Waals surface area contributed by atoms with Crippen LogP contribution in [0.4, 0.5) is 0 Å². The predicted molar refractivity (Wildman–Crippen MR) is 75.3 cm³/mol. The predicted octanol–water partition coefficient (Wildman–Crippen LogP) is 0.142. The standard InChI is InChI=1S/C15H18N2O3/c16-6-2-4-12-3-1-5-13(9-12)15(18)17-10-14-11-19-7-8-20-14/h1,3,5,9,14H,6-8,10-11,16H2,(H,17,18). The normalized spacial score (nSPS) is 17.9. The first-order valence-electron chi connectivity index (χ1n) is 6.56. The fourth-order valence-corrected chi connectivity index (χ4v) is 1.85. The van der Waals surface area contributed by atoms with E-state index in [1.54, 1.807) is 18.2 Å². The lowest BCUT2D eigenvalue weighted by molar-refractivity contribution is -0.0855. The van der Waals surface area contributed by atoms with Gasteiger partial charge in [0.1, 0.15) is 0 Å². The summed E-state index contributed by atoms with van der Waals surface area (Å²) in [6.07, 6.45) is -0.0760. The second kappa shape index (κ2) is 7.65. The Labute approximate surface area is 118 Å². The van der Waals surface area contributed by atoms with E-state index in [0.717, 1.165) is 5.56 Å². The van der Waals surface area contributed by atoms with Gasteiger partial charge in [-0.15, -0.1) is 0 Å². The van der Waals surface area contributed by atoms with E-state index in [9.17, 15) is 4.79 Å². The number of carbonyl (C=O) groups is 1. The molecular weight excluding hydrogens is 256 g/mol. The molecule has 106 valence electrons. The van der Waals surface area contributed by atoms with Crippen molar-refractivity contribution in [1.82, 2.24) is 5.32 Å². The van der Waals surface area contributed by atoms with Gasteiger partial charge < -0.3 is 20.5 Å². The minimum absolute atomic E-state index is 0.0760. The van der Waals surface area contributed by atoms with Crippen LogP contribution >= 0.6 is 0 Å². The molecule has 5 nitrogen and oxygen atoms in total. The third-order valence-electron chi connectivity index (χ3n) is 2.83. The lowest BCUT2D eigenvalue weighted by Crippen LogP contribution is -2.39. The molecule has 3 N–H and O–H groups in total. The zero-order chi connectivity index (χ0) is 14.2. The molecule has 0 aromatic heterocycles. The average Bonchev–Trinajstić information content (AvgIpc) is 2.52. The molecule has 1 aromatic carbocycles. The summed E-state index contributed by atoms with van der Waals surface area (Å²) in [4.78, 5) is 12.0. The van der Waals surface area contributed by atoms with Crippen LogP contribution in [0.2, 0.25) is 0 Å². The summed E-state index contributed by atoms with van der Waals surface area (Å²) < 4.78 is 10.7. The number of rotatable bonds is 3. The maximum atomic E-state index is 12.0. The van der Waals surface area contributed by atoms with Crippen LogP contribution in [0, 0.1) is 11.8 Å². The molecule has 1 fully saturated rings. The Bertz CT molecular complexity index is 513. The molecular formula is C15H18N2O3. The third kappa shape index (κ3) is 4.35. The first kappa shape index (κ1) is 14.5. The second-order valence-electron chi connectivity index (χ2n) is 4.36. The fourth-order valence-electron chi connectivity index (χ4n) is 1.85. The van der Waals surface area contributed by atoms with Crippen molar-refractivity contribution in [3.8, 4) is 11.8 Å². The number of hydrogen-bond donors (Lipinski definition) is 2. The number of ether oxygens (including phenoxy) is 2. The van der Waals surface area contributed by atoms with Gasteiger partial charge in [0.25, 0.3) is 5.91 Å². The lowest BCUT2D eigenvalue weighted by atomic mass is 10.1. The Hall–Kier alpha value is -1.87. The molecule has 0 aliphatic carbocycles. The number of nitrogens with one attached hydrogen (secondary N) is 1. The van der Waals surface area contributed by atoms with Gasteiger partial charge in [-0.2, -0.15) is 0 Å². The molecule has 1 unspecified atom stereocenters. The van der Waals surface area contributed by atoms with E-state index >= 15 is 0 Å². The Kier molecular flexibility index (Phi) is 5.56. The molecule has 1 aliphatic rings. The van der Waals surface area contributed by atoms with Crippen molar-refractivity contribution in [2.75, 3.05) is 32.9 Å². The van der Waals surface area contributed by atoms with E-state index in [1.807, 2.05) is 6.07 Å². The van der Waals surface area contributed by atoms with Crippen LogP contribution in [-0.2, 0) is 9.47 Å². The molecule has 1 heterocycles. The highest BCUT2D eigenvalue weighted by atomic mass is 16.6. The Morgan fingerprint density at radius 2 is 2.35 bits per heavy atom. The largest absolute Gasteiger partial charge is 0.376 e. The molecule has 1 amide bonds. The highest BCUT2D eigenvalue weighted by Gasteiger charge is 2.15. The van der Waals surface area contributed by atoms with Crippen molar-refractivity contribution in [2.24, 2.45) is 5.73 Å². The van der Waals surface area contributed by atoms with Crippen molar-refractivity contribution >= 4 is 5.91 Å². The third-order valence-corrected chi connectivity index (χ3v) is 2.83. The van der Waals surface area contributed by atoms with Crippen LogP contribution in [-0.4, -0.2) is 44.9 Å². The Morgan fingerprint density at radius 3 is 3.10 bits per heavy atom. The van der Waals surface area contributed by atoms with Gasteiger partial charge in [0, 0.05) is 17.7 Å². The van der Waals surface area contributed by atoms with Crippen LogP contribution in [0.3, 0.4) is 0 Å². The van der Waals surface area contributed by atoms with Crippen LogP contribution in [0.25, 0.3) is 0 Å². The van der Waals surface area contributed by atoms with E-state index in [1.165, 1.54) is 0 Å². The van der Waals surface area contributed by atoms with E-state index in [4.69, 9.17) is 15.2 Å². The van der Waals surface area contributed by atoms with Gasteiger partial charge in [0.05, 0.1) is 32.5 Å². The SMILES string of the molecule is NCC#Cc1cccc(C(=O)NCC2COCCO2)c1. The van der Waals surface area contributed by atoms with Crippen molar-refractivity contribution in [2.45, 2.75) is 6.10 Å². The number of nitrogens with two attached hydrogens (primary N) is 1. The van der Waals surface area contributed by atoms with Gasteiger partial charge in [-0.1, -0.05) is 17.9 Å². The first-order valence-corrected chi connectivity index (χ1v) is 6.56. The molecule has 1 aromatic rings. The summed E-state index contributed by atoms with van der Waals surface area (Å²) >= 11 is 0. The summed E-state index contributed by atoms with van der Waals surface area (Å²) in [7, 11) is 0. The summed E-state index contributed by atoms with van der Waals surface area (Å²) in [5.74, 6) is 5.53. The minimum atomic E-state index is -0.143. The van der Waals surface area contributed by atoms with Crippen molar-refractivity contribution < 1.29 is 14.3 Å².